The number of aliphatic imine (C=N–C) groups is 1. The van der Waals surface area contributed by atoms with Gasteiger partial charge in [-0.15, -0.1) is 0 Å². The third-order valence-corrected chi connectivity index (χ3v) is 1.62. The molecule has 0 saturated carbocycles. The lowest BCUT2D eigenvalue weighted by Gasteiger charge is -2.04. The predicted octanol–water partition coefficient (Wildman–Crippen LogP) is 1.94. The van der Waals surface area contributed by atoms with E-state index in [-0.39, 0.29) is 6.10 Å². The molecule has 0 aromatic carbocycles. The van der Waals surface area contributed by atoms with Gasteiger partial charge < -0.3 is 4.74 Å². The Morgan fingerprint density at radius 1 is 1.64 bits per heavy atom. The van der Waals surface area contributed by atoms with Crippen LogP contribution < -0.4 is 0 Å². The fourth-order valence-corrected chi connectivity index (χ4v) is 1.08. The lowest BCUT2D eigenvalue weighted by molar-refractivity contribution is 0.184. The second-order valence-electron chi connectivity index (χ2n) is 2.59. The van der Waals surface area contributed by atoms with Crippen LogP contribution in [0, 0.1) is 0 Å². The van der Waals surface area contributed by atoms with Gasteiger partial charge in [-0.1, -0.05) is 0 Å². The Morgan fingerprint density at radius 3 is 2.82 bits per heavy atom. The van der Waals surface area contributed by atoms with Crippen molar-refractivity contribution in [1.82, 2.24) is 0 Å². The van der Waals surface area contributed by atoms with E-state index in [2.05, 4.69) is 4.99 Å². The van der Waals surface area contributed by atoms with Crippen molar-refractivity contribution in [2.75, 3.05) is 7.05 Å². The van der Waals surface area contributed by atoms with Gasteiger partial charge in [0, 0.05) is 13.3 Å². The topological polar surface area (TPSA) is 21.6 Å². The van der Waals surface area contributed by atoms with Gasteiger partial charge in [0.25, 0.3) is 0 Å². The molecule has 1 aliphatic heterocycles. The lowest BCUT2D eigenvalue weighted by Crippen LogP contribution is -2.01. The maximum Gasteiger partial charge on any atom is 0.121 e. The van der Waals surface area contributed by atoms with Crippen molar-refractivity contribution in [1.29, 1.82) is 0 Å². The van der Waals surface area contributed by atoms with Gasteiger partial charge in [0.05, 0.1) is 5.76 Å². The molecule has 60 valence electrons. The fraction of sp³-hybridized carbons (Fsp3) is 0.444. The van der Waals surface area contributed by atoms with Crippen LogP contribution in [0.4, 0.5) is 0 Å². The first kappa shape index (κ1) is 8.05. The van der Waals surface area contributed by atoms with E-state index in [1.165, 1.54) is 5.57 Å². The summed E-state index contributed by atoms with van der Waals surface area (Å²) in [5.41, 5.74) is 1.19. The highest BCUT2D eigenvalue weighted by molar-refractivity contribution is 5.73. The minimum absolute atomic E-state index is 0.188. The largest absolute Gasteiger partial charge is 0.491 e. The van der Waals surface area contributed by atoms with Crippen molar-refractivity contribution in [2.45, 2.75) is 20.0 Å². The third-order valence-electron chi connectivity index (χ3n) is 1.62. The summed E-state index contributed by atoms with van der Waals surface area (Å²) < 4.78 is 5.40. The van der Waals surface area contributed by atoms with Crippen LogP contribution in [0.5, 0.6) is 0 Å². The van der Waals surface area contributed by atoms with Gasteiger partial charge in [-0.25, -0.2) is 0 Å². The molecule has 0 spiro atoms. The molecule has 0 unspecified atom stereocenters. The quantitative estimate of drug-likeness (QED) is 0.525. The molecule has 1 heterocycles. The van der Waals surface area contributed by atoms with Gasteiger partial charge in [0.1, 0.15) is 6.10 Å². The van der Waals surface area contributed by atoms with Gasteiger partial charge in [0.15, 0.2) is 0 Å². The van der Waals surface area contributed by atoms with E-state index < -0.39 is 0 Å². The van der Waals surface area contributed by atoms with Crippen molar-refractivity contribution in [3.63, 3.8) is 0 Å². The molecule has 0 aliphatic carbocycles. The van der Waals surface area contributed by atoms with Crippen molar-refractivity contribution < 1.29 is 4.74 Å². The second-order valence-corrected chi connectivity index (χ2v) is 2.59. The Labute approximate surface area is 67.3 Å². The van der Waals surface area contributed by atoms with Gasteiger partial charge in [-0.3, -0.25) is 4.99 Å². The minimum atomic E-state index is 0.188. The highest BCUT2D eigenvalue weighted by atomic mass is 16.5. The SMILES string of the molecule is CN=C/C=C1/C=C(C)O[C@@H]1C. The summed E-state index contributed by atoms with van der Waals surface area (Å²) in [5.74, 6) is 0.980. The van der Waals surface area contributed by atoms with Crippen LogP contribution in [0.1, 0.15) is 13.8 Å². The van der Waals surface area contributed by atoms with Crippen LogP contribution in [0.25, 0.3) is 0 Å². The Bertz CT molecular complexity index is 226. The van der Waals surface area contributed by atoms with Crippen molar-refractivity contribution >= 4 is 6.21 Å². The first-order valence-corrected chi connectivity index (χ1v) is 3.71. The van der Waals surface area contributed by atoms with Crippen molar-refractivity contribution in [2.24, 2.45) is 4.99 Å². The molecular formula is C9H13NO. The maximum absolute atomic E-state index is 5.40. The van der Waals surface area contributed by atoms with Crippen LogP contribution in [0.3, 0.4) is 0 Å². The van der Waals surface area contributed by atoms with Crippen molar-refractivity contribution in [3.05, 3.63) is 23.5 Å². The molecule has 11 heavy (non-hydrogen) atoms. The number of ether oxygens (including phenoxy) is 1. The molecule has 0 saturated heterocycles. The standard InChI is InChI=1S/C9H13NO/c1-7-6-9(4-5-10-3)8(2)11-7/h4-6,8H,1-3H3/b9-4-,10-5?/t8-/m1/s1. The Morgan fingerprint density at radius 2 is 2.36 bits per heavy atom. The fourth-order valence-electron chi connectivity index (χ4n) is 1.08. The minimum Gasteiger partial charge on any atom is -0.491 e. The van der Waals surface area contributed by atoms with E-state index >= 15 is 0 Å². The van der Waals surface area contributed by atoms with Gasteiger partial charge in [-0.05, 0) is 31.6 Å². The average Bonchev–Trinajstić information content (AvgIpc) is 2.26. The van der Waals surface area contributed by atoms with Crippen molar-refractivity contribution in [3.8, 4) is 0 Å². The van der Waals surface area contributed by atoms with E-state index in [1.807, 2.05) is 26.0 Å². The van der Waals surface area contributed by atoms with Gasteiger partial charge in [0.2, 0.25) is 0 Å². The number of rotatable bonds is 1. The summed E-state index contributed by atoms with van der Waals surface area (Å²) in [6.45, 7) is 3.99. The molecule has 2 heteroatoms. The molecule has 0 N–H and O–H groups in total. The Hall–Kier alpha value is -1.05. The average molecular weight is 151 g/mol. The number of nitrogens with zero attached hydrogens (tertiary/aromatic N) is 1. The molecule has 1 rings (SSSR count). The summed E-state index contributed by atoms with van der Waals surface area (Å²) in [5, 5.41) is 0. The van der Waals surface area contributed by atoms with E-state index in [0.29, 0.717) is 0 Å². The monoisotopic (exact) mass is 151 g/mol. The van der Waals surface area contributed by atoms with Crippen LogP contribution in [-0.2, 0) is 4.74 Å². The van der Waals surface area contributed by atoms with E-state index in [4.69, 9.17) is 4.74 Å². The summed E-state index contributed by atoms with van der Waals surface area (Å²) in [6, 6.07) is 0. The normalized spacial score (nSPS) is 27.7. The summed E-state index contributed by atoms with van der Waals surface area (Å²) in [6.07, 6.45) is 5.98. The van der Waals surface area contributed by atoms with Gasteiger partial charge in [-0.2, -0.15) is 0 Å². The number of allylic oxidation sites excluding steroid dienone is 2. The zero-order chi connectivity index (χ0) is 8.27. The molecule has 0 radical (unpaired) electrons. The van der Waals surface area contributed by atoms with Crippen LogP contribution in [0.2, 0.25) is 0 Å². The van der Waals surface area contributed by atoms with Crippen LogP contribution in [0.15, 0.2) is 28.5 Å². The Balaban J connectivity index is 2.72. The molecule has 0 bridgehead atoms. The van der Waals surface area contributed by atoms with E-state index in [0.717, 1.165) is 5.76 Å². The smallest absolute Gasteiger partial charge is 0.121 e. The Kier molecular flexibility index (Phi) is 2.47. The molecule has 0 aromatic heterocycles. The molecule has 0 aromatic rings. The molecule has 1 aliphatic rings. The van der Waals surface area contributed by atoms with E-state index in [9.17, 15) is 0 Å². The predicted molar refractivity (Wildman–Crippen MR) is 46.8 cm³/mol. The summed E-state index contributed by atoms with van der Waals surface area (Å²) >= 11 is 0. The zero-order valence-corrected chi connectivity index (χ0v) is 7.16. The van der Waals surface area contributed by atoms with Gasteiger partial charge >= 0.3 is 0 Å². The highest BCUT2D eigenvalue weighted by Crippen LogP contribution is 2.20. The zero-order valence-electron chi connectivity index (χ0n) is 7.16. The molecular weight excluding hydrogens is 138 g/mol. The molecule has 0 fully saturated rings. The summed E-state index contributed by atoms with van der Waals surface area (Å²) in [4.78, 5) is 3.87. The van der Waals surface area contributed by atoms with Crippen LogP contribution >= 0.6 is 0 Å². The maximum atomic E-state index is 5.40. The molecule has 0 amide bonds. The lowest BCUT2D eigenvalue weighted by atomic mass is 10.2. The number of hydrogen-bond donors (Lipinski definition) is 0. The first-order chi connectivity index (χ1) is 5.24. The molecule has 1 atom stereocenters. The number of hydrogen-bond acceptors (Lipinski definition) is 2. The highest BCUT2D eigenvalue weighted by Gasteiger charge is 2.14. The second kappa shape index (κ2) is 3.37. The molecule has 2 nitrogen and oxygen atoms in total. The third kappa shape index (κ3) is 1.93. The first-order valence-electron chi connectivity index (χ1n) is 3.71. The van der Waals surface area contributed by atoms with Crippen LogP contribution in [-0.4, -0.2) is 19.4 Å². The van der Waals surface area contributed by atoms with E-state index in [1.54, 1.807) is 13.3 Å². The summed E-state index contributed by atoms with van der Waals surface area (Å²) in [7, 11) is 1.76.